The second kappa shape index (κ2) is 10.1. The second-order valence-electron chi connectivity index (χ2n) is 10.3. The number of benzene rings is 1. The summed E-state index contributed by atoms with van der Waals surface area (Å²) in [7, 11) is -3.37. The van der Waals surface area contributed by atoms with Gasteiger partial charge in [0, 0.05) is 23.3 Å². The summed E-state index contributed by atoms with van der Waals surface area (Å²) in [6, 6.07) is 6.89. The van der Waals surface area contributed by atoms with Crippen LogP contribution in [-0.2, 0) is 9.84 Å². The number of nitrogens with one attached hydrogen (secondary N) is 1. The number of hydrogen-bond acceptors (Lipinski definition) is 6. The van der Waals surface area contributed by atoms with Crippen molar-refractivity contribution >= 4 is 44.1 Å². The van der Waals surface area contributed by atoms with Crippen LogP contribution in [0.1, 0.15) is 76.3 Å². The molecular weight excluding hydrogens is 496 g/mol. The van der Waals surface area contributed by atoms with Gasteiger partial charge < -0.3 is 5.32 Å². The van der Waals surface area contributed by atoms with Crippen LogP contribution in [0, 0.1) is 12.8 Å². The van der Waals surface area contributed by atoms with Gasteiger partial charge in [-0.1, -0.05) is 37.8 Å². The molecule has 0 bridgehead atoms. The summed E-state index contributed by atoms with van der Waals surface area (Å²) in [5.74, 6) is 1.00. The average molecular weight is 529 g/mol. The van der Waals surface area contributed by atoms with E-state index in [9.17, 15) is 13.2 Å². The monoisotopic (exact) mass is 528 g/mol. The van der Waals surface area contributed by atoms with Crippen LogP contribution in [0.25, 0.3) is 11.0 Å². The Morgan fingerprint density at radius 2 is 1.81 bits per heavy atom. The van der Waals surface area contributed by atoms with E-state index in [4.69, 9.17) is 11.6 Å². The van der Waals surface area contributed by atoms with Gasteiger partial charge in [-0.25, -0.2) is 13.4 Å². The molecule has 1 N–H and O–H groups in total. The Bertz CT molecular complexity index is 1440. The van der Waals surface area contributed by atoms with Crippen molar-refractivity contribution < 1.29 is 8.42 Å². The first kappa shape index (κ1) is 25.2. The topological polar surface area (TPSA) is 94.0 Å². The van der Waals surface area contributed by atoms with Crippen LogP contribution in [0.15, 0.2) is 40.2 Å². The van der Waals surface area contributed by atoms with Crippen molar-refractivity contribution in [3.63, 3.8) is 0 Å². The standard InChI is InChI=1S/C27H33ClN4O3S/c1-3-18-8-10-21(11-9-18)36(34,35)22-12-13-24(17(2)14-22)30-27-29-16-19-15-23(28)26(33)32(25(19)31-27)20-6-4-5-7-20/h12-16,18,20-21H,3-11H2,1-2H3,(H,29,30,31)/t18-,21-. The summed E-state index contributed by atoms with van der Waals surface area (Å²) in [6.45, 7) is 4.06. The lowest BCUT2D eigenvalue weighted by atomic mass is 9.87. The number of anilines is 2. The number of pyridine rings is 1. The van der Waals surface area contributed by atoms with Crippen molar-refractivity contribution in [3.05, 3.63) is 51.4 Å². The molecule has 7 nitrogen and oxygen atoms in total. The fraction of sp³-hybridized carbons (Fsp3) is 0.519. The number of sulfone groups is 1. The van der Waals surface area contributed by atoms with Gasteiger partial charge in [-0.3, -0.25) is 9.36 Å². The first-order valence-electron chi connectivity index (χ1n) is 13.0. The molecule has 5 rings (SSSR count). The summed E-state index contributed by atoms with van der Waals surface area (Å²) < 4.78 is 28.3. The van der Waals surface area contributed by atoms with Crippen LogP contribution in [0.5, 0.6) is 0 Å². The highest BCUT2D eigenvalue weighted by Gasteiger charge is 2.32. The molecule has 3 aromatic rings. The number of aromatic nitrogens is 3. The molecule has 192 valence electrons. The highest BCUT2D eigenvalue weighted by atomic mass is 35.5. The molecule has 2 aromatic heterocycles. The van der Waals surface area contributed by atoms with Crippen LogP contribution in [0.4, 0.5) is 11.6 Å². The van der Waals surface area contributed by atoms with Crippen molar-refractivity contribution in [3.8, 4) is 0 Å². The second-order valence-corrected chi connectivity index (χ2v) is 12.9. The third-order valence-corrected chi connectivity index (χ3v) is 10.5. The molecule has 36 heavy (non-hydrogen) atoms. The van der Waals surface area contributed by atoms with Gasteiger partial charge in [0.25, 0.3) is 5.56 Å². The zero-order chi connectivity index (χ0) is 25.4. The van der Waals surface area contributed by atoms with Gasteiger partial charge in [-0.15, -0.1) is 0 Å². The molecular formula is C27H33ClN4O3S. The largest absolute Gasteiger partial charge is 0.324 e. The SMILES string of the molecule is CC[C@H]1CC[C@H](S(=O)(=O)c2ccc(Nc3ncc4cc(Cl)c(=O)n(C5CCCC5)c4n3)c(C)c2)CC1. The molecule has 0 unspecified atom stereocenters. The van der Waals surface area contributed by atoms with Crippen molar-refractivity contribution in [2.24, 2.45) is 5.92 Å². The third-order valence-electron chi connectivity index (χ3n) is 8.00. The van der Waals surface area contributed by atoms with Crippen LogP contribution in [0.2, 0.25) is 5.02 Å². The van der Waals surface area contributed by atoms with Crippen molar-refractivity contribution in [2.75, 3.05) is 5.32 Å². The predicted molar refractivity (Wildman–Crippen MR) is 144 cm³/mol. The molecule has 0 atom stereocenters. The van der Waals surface area contributed by atoms with Gasteiger partial charge in [-0.2, -0.15) is 4.98 Å². The Balaban J connectivity index is 1.42. The molecule has 2 aliphatic rings. The van der Waals surface area contributed by atoms with Crippen LogP contribution >= 0.6 is 11.6 Å². The van der Waals surface area contributed by atoms with E-state index < -0.39 is 9.84 Å². The summed E-state index contributed by atoms with van der Waals surface area (Å²) in [5, 5.41) is 3.81. The van der Waals surface area contributed by atoms with E-state index in [0.29, 0.717) is 27.8 Å². The summed E-state index contributed by atoms with van der Waals surface area (Å²) in [6.07, 6.45) is 10.2. The van der Waals surface area contributed by atoms with E-state index in [1.807, 2.05) is 6.92 Å². The Kier molecular flexibility index (Phi) is 7.10. The predicted octanol–water partition coefficient (Wildman–Crippen LogP) is 6.35. The maximum absolute atomic E-state index is 13.3. The molecule has 0 saturated heterocycles. The quantitative estimate of drug-likeness (QED) is 0.400. The van der Waals surface area contributed by atoms with Gasteiger partial charge in [0.15, 0.2) is 9.84 Å². The molecule has 0 amide bonds. The van der Waals surface area contributed by atoms with Gasteiger partial charge in [0.2, 0.25) is 5.95 Å². The van der Waals surface area contributed by atoms with Crippen LogP contribution in [-0.4, -0.2) is 28.2 Å². The van der Waals surface area contributed by atoms with E-state index >= 15 is 0 Å². The first-order chi connectivity index (χ1) is 17.3. The third kappa shape index (κ3) is 4.77. The zero-order valence-electron chi connectivity index (χ0n) is 20.8. The zero-order valence-corrected chi connectivity index (χ0v) is 22.4. The minimum atomic E-state index is -3.37. The van der Waals surface area contributed by atoms with E-state index in [2.05, 4.69) is 22.2 Å². The minimum Gasteiger partial charge on any atom is -0.324 e. The lowest BCUT2D eigenvalue weighted by Crippen LogP contribution is -2.27. The van der Waals surface area contributed by atoms with E-state index in [1.54, 1.807) is 35.0 Å². The fourth-order valence-corrected chi connectivity index (χ4v) is 7.85. The van der Waals surface area contributed by atoms with Gasteiger partial charge in [0.05, 0.1) is 10.1 Å². The number of hydrogen-bond donors (Lipinski definition) is 1. The molecule has 2 heterocycles. The molecule has 2 saturated carbocycles. The smallest absolute Gasteiger partial charge is 0.271 e. The van der Waals surface area contributed by atoms with Gasteiger partial charge in [-0.05, 0) is 81.2 Å². The first-order valence-corrected chi connectivity index (χ1v) is 14.9. The molecule has 9 heteroatoms. The Labute approximate surface area is 217 Å². The lowest BCUT2D eigenvalue weighted by molar-refractivity contribution is 0.348. The number of halogens is 1. The Morgan fingerprint density at radius 3 is 2.47 bits per heavy atom. The normalized spacial score (nSPS) is 21.2. The highest BCUT2D eigenvalue weighted by molar-refractivity contribution is 7.92. The van der Waals surface area contributed by atoms with Crippen molar-refractivity contribution in [1.29, 1.82) is 0 Å². The van der Waals surface area contributed by atoms with Crippen molar-refractivity contribution in [1.82, 2.24) is 14.5 Å². The Hall–Kier alpha value is -2.45. The molecule has 0 spiro atoms. The molecule has 2 fully saturated rings. The van der Waals surface area contributed by atoms with E-state index in [1.165, 1.54) is 0 Å². The Morgan fingerprint density at radius 1 is 1.08 bits per heavy atom. The van der Waals surface area contributed by atoms with E-state index in [0.717, 1.165) is 69.0 Å². The minimum absolute atomic E-state index is 0.0834. The van der Waals surface area contributed by atoms with Crippen LogP contribution in [0.3, 0.4) is 0 Å². The molecule has 1 aromatic carbocycles. The number of aryl methyl sites for hydroxylation is 1. The summed E-state index contributed by atoms with van der Waals surface area (Å²) in [5.41, 5.74) is 1.87. The maximum atomic E-state index is 13.3. The number of nitrogens with zero attached hydrogens (tertiary/aromatic N) is 3. The van der Waals surface area contributed by atoms with Crippen LogP contribution < -0.4 is 10.9 Å². The molecule has 0 aliphatic heterocycles. The summed E-state index contributed by atoms with van der Waals surface area (Å²) >= 11 is 6.23. The van der Waals surface area contributed by atoms with Gasteiger partial charge in [0.1, 0.15) is 10.7 Å². The van der Waals surface area contributed by atoms with Crippen molar-refractivity contribution in [2.45, 2.75) is 87.8 Å². The lowest BCUT2D eigenvalue weighted by Gasteiger charge is -2.27. The number of rotatable bonds is 6. The number of fused-ring (bicyclic) bond motifs is 1. The van der Waals surface area contributed by atoms with E-state index in [-0.39, 0.29) is 21.9 Å². The maximum Gasteiger partial charge on any atom is 0.271 e. The summed E-state index contributed by atoms with van der Waals surface area (Å²) in [4.78, 5) is 22.4. The molecule has 0 radical (unpaired) electrons. The average Bonchev–Trinajstić information content (AvgIpc) is 3.40. The molecule has 2 aliphatic carbocycles. The van der Waals surface area contributed by atoms with Gasteiger partial charge >= 0.3 is 0 Å². The fourth-order valence-electron chi connectivity index (χ4n) is 5.76. The highest BCUT2D eigenvalue weighted by Crippen LogP contribution is 2.35.